The van der Waals surface area contributed by atoms with Crippen molar-refractivity contribution in [1.29, 1.82) is 0 Å². The maximum atomic E-state index is 11.4. The van der Waals surface area contributed by atoms with Gasteiger partial charge < -0.3 is 9.64 Å². The molecule has 15 heavy (non-hydrogen) atoms. The van der Waals surface area contributed by atoms with Crippen LogP contribution in [-0.4, -0.2) is 37.1 Å². The van der Waals surface area contributed by atoms with Crippen molar-refractivity contribution in [3.05, 3.63) is 0 Å². The highest BCUT2D eigenvalue weighted by Gasteiger charge is 2.55. The first kappa shape index (κ1) is 12.5. The average Bonchev–Trinajstić information content (AvgIpc) is 2.19. The summed E-state index contributed by atoms with van der Waals surface area (Å²) in [6.07, 6.45) is 3.45. The summed E-state index contributed by atoms with van der Waals surface area (Å²) in [5, 5.41) is 0. The monoisotopic (exact) mass is 213 g/mol. The van der Waals surface area contributed by atoms with Crippen LogP contribution in [0.5, 0.6) is 0 Å². The van der Waals surface area contributed by atoms with E-state index < -0.39 is 0 Å². The van der Waals surface area contributed by atoms with Gasteiger partial charge >= 0.3 is 0 Å². The molecule has 3 nitrogen and oxygen atoms in total. The maximum Gasteiger partial charge on any atom is 0.219 e. The van der Waals surface area contributed by atoms with E-state index in [2.05, 4.69) is 13.8 Å². The smallest absolute Gasteiger partial charge is 0.219 e. The number of hydrogen-bond donors (Lipinski definition) is 0. The van der Waals surface area contributed by atoms with Gasteiger partial charge in [-0.15, -0.1) is 0 Å². The lowest BCUT2D eigenvalue weighted by Crippen LogP contribution is -2.64. The van der Waals surface area contributed by atoms with Crippen LogP contribution in [0.25, 0.3) is 0 Å². The molecule has 0 radical (unpaired) electrons. The second kappa shape index (κ2) is 4.52. The van der Waals surface area contributed by atoms with Gasteiger partial charge in [0.25, 0.3) is 0 Å². The highest BCUT2D eigenvalue weighted by Crippen LogP contribution is 2.50. The fraction of sp³-hybridized carbons (Fsp3) is 0.917. The lowest BCUT2D eigenvalue weighted by Gasteiger charge is -2.57. The zero-order valence-electron chi connectivity index (χ0n) is 10.5. The molecule has 2 atom stereocenters. The Hall–Kier alpha value is -0.570. The lowest BCUT2D eigenvalue weighted by molar-refractivity contribution is -0.168. The van der Waals surface area contributed by atoms with Crippen molar-refractivity contribution in [1.82, 2.24) is 4.90 Å². The van der Waals surface area contributed by atoms with Crippen LogP contribution in [0, 0.1) is 5.41 Å². The molecular formula is C12H23NO2. The molecule has 1 rings (SSSR count). The summed E-state index contributed by atoms with van der Waals surface area (Å²) in [7, 11) is 3.67. The molecule has 0 aliphatic heterocycles. The second-order valence-corrected chi connectivity index (χ2v) is 4.55. The van der Waals surface area contributed by atoms with Crippen molar-refractivity contribution in [3.63, 3.8) is 0 Å². The van der Waals surface area contributed by atoms with E-state index in [1.807, 2.05) is 11.9 Å². The summed E-state index contributed by atoms with van der Waals surface area (Å²) in [4.78, 5) is 13.3. The Morgan fingerprint density at radius 2 is 2.00 bits per heavy atom. The van der Waals surface area contributed by atoms with Crippen LogP contribution in [-0.2, 0) is 9.53 Å². The van der Waals surface area contributed by atoms with Gasteiger partial charge in [0.2, 0.25) is 5.91 Å². The largest absolute Gasteiger partial charge is 0.381 e. The predicted octanol–water partition coefficient (Wildman–Crippen LogP) is 2.06. The molecule has 0 N–H and O–H groups in total. The van der Waals surface area contributed by atoms with Gasteiger partial charge in [-0.2, -0.15) is 0 Å². The third-order valence-electron chi connectivity index (χ3n) is 4.31. The fourth-order valence-electron chi connectivity index (χ4n) is 3.00. The minimum atomic E-state index is 0.154. The number of amides is 1. The predicted molar refractivity (Wildman–Crippen MR) is 60.7 cm³/mol. The molecule has 0 aromatic carbocycles. The molecule has 1 aliphatic carbocycles. The molecule has 0 heterocycles. The highest BCUT2D eigenvalue weighted by atomic mass is 16.5. The Morgan fingerprint density at radius 1 is 1.47 bits per heavy atom. The van der Waals surface area contributed by atoms with E-state index in [1.54, 1.807) is 14.0 Å². The van der Waals surface area contributed by atoms with Gasteiger partial charge in [0.15, 0.2) is 0 Å². The molecule has 1 fully saturated rings. The minimum absolute atomic E-state index is 0.154. The van der Waals surface area contributed by atoms with Crippen LogP contribution < -0.4 is 0 Å². The van der Waals surface area contributed by atoms with Crippen LogP contribution in [0.1, 0.15) is 40.0 Å². The molecule has 0 aromatic heterocycles. The lowest BCUT2D eigenvalue weighted by atomic mass is 9.58. The molecule has 0 aromatic rings. The van der Waals surface area contributed by atoms with Crippen molar-refractivity contribution in [2.45, 2.75) is 52.2 Å². The van der Waals surface area contributed by atoms with E-state index in [0.29, 0.717) is 12.1 Å². The van der Waals surface area contributed by atoms with Crippen LogP contribution >= 0.6 is 0 Å². The van der Waals surface area contributed by atoms with Crippen LogP contribution in [0.3, 0.4) is 0 Å². The number of hydrogen-bond acceptors (Lipinski definition) is 2. The summed E-state index contributed by atoms with van der Waals surface area (Å²) in [6, 6.07) is 0.356. The zero-order chi connectivity index (χ0) is 11.6. The maximum absolute atomic E-state index is 11.4. The van der Waals surface area contributed by atoms with Crippen LogP contribution in [0.4, 0.5) is 0 Å². The van der Waals surface area contributed by atoms with E-state index in [0.717, 1.165) is 19.3 Å². The Kier molecular flexibility index (Phi) is 3.77. The molecule has 0 spiro atoms. The van der Waals surface area contributed by atoms with Crippen molar-refractivity contribution in [2.24, 2.45) is 5.41 Å². The van der Waals surface area contributed by atoms with Gasteiger partial charge in [0.1, 0.15) is 0 Å². The zero-order valence-corrected chi connectivity index (χ0v) is 10.5. The number of methoxy groups -OCH3 is 1. The molecule has 1 amide bonds. The highest BCUT2D eigenvalue weighted by molar-refractivity contribution is 5.73. The first-order valence-corrected chi connectivity index (χ1v) is 5.79. The molecular weight excluding hydrogens is 190 g/mol. The quantitative estimate of drug-likeness (QED) is 0.715. The van der Waals surface area contributed by atoms with Gasteiger partial charge in [0, 0.05) is 32.5 Å². The Bertz CT molecular complexity index is 236. The Balaban J connectivity index is 2.81. The Labute approximate surface area is 92.8 Å². The van der Waals surface area contributed by atoms with E-state index >= 15 is 0 Å². The molecule has 88 valence electrons. The number of nitrogens with zero attached hydrogens (tertiary/aromatic N) is 1. The van der Waals surface area contributed by atoms with E-state index in [-0.39, 0.29) is 11.3 Å². The first-order chi connectivity index (χ1) is 7.03. The topological polar surface area (TPSA) is 29.5 Å². The van der Waals surface area contributed by atoms with E-state index in [4.69, 9.17) is 4.74 Å². The molecule has 3 heteroatoms. The average molecular weight is 213 g/mol. The molecule has 0 saturated heterocycles. The van der Waals surface area contributed by atoms with Crippen molar-refractivity contribution < 1.29 is 9.53 Å². The summed E-state index contributed by atoms with van der Waals surface area (Å²) < 4.78 is 5.51. The number of carbonyl (C=O) groups excluding carboxylic acids is 1. The first-order valence-electron chi connectivity index (χ1n) is 5.79. The standard InChI is InChI=1S/C12H23NO2/c1-6-12(7-2)10(8-11(12)15-5)13(4)9(3)14/h10-11H,6-8H2,1-5H3/t10-,11+/m0/s1. The molecule has 0 unspecified atom stereocenters. The number of carbonyl (C=O) groups is 1. The van der Waals surface area contributed by atoms with E-state index in [9.17, 15) is 4.79 Å². The van der Waals surface area contributed by atoms with Gasteiger partial charge in [-0.3, -0.25) is 4.79 Å². The van der Waals surface area contributed by atoms with Gasteiger partial charge in [-0.1, -0.05) is 13.8 Å². The van der Waals surface area contributed by atoms with Crippen molar-refractivity contribution in [2.75, 3.05) is 14.2 Å². The van der Waals surface area contributed by atoms with Gasteiger partial charge in [-0.05, 0) is 19.3 Å². The molecule has 1 aliphatic rings. The molecule has 0 bridgehead atoms. The third kappa shape index (κ3) is 1.78. The van der Waals surface area contributed by atoms with E-state index in [1.165, 1.54) is 0 Å². The summed E-state index contributed by atoms with van der Waals surface area (Å²) in [5.74, 6) is 0.154. The summed E-state index contributed by atoms with van der Waals surface area (Å²) >= 11 is 0. The Morgan fingerprint density at radius 3 is 2.33 bits per heavy atom. The number of ether oxygens (including phenoxy) is 1. The summed E-state index contributed by atoms with van der Waals surface area (Å²) in [6.45, 7) is 6.02. The second-order valence-electron chi connectivity index (χ2n) is 4.55. The SMILES string of the molecule is CCC1(CC)[C@@H](N(C)C(C)=O)C[C@H]1OC. The van der Waals surface area contributed by atoms with Crippen LogP contribution in [0.2, 0.25) is 0 Å². The fourth-order valence-corrected chi connectivity index (χ4v) is 3.00. The normalized spacial score (nSPS) is 28.3. The number of rotatable bonds is 4. The van der Waals surface area contributed by atoms with Crippen LogP contribution in [0.15, 0.2) is 0 Å². The molecule has 1 saturated carbocycles. The van der Waals surface area contributed by atoms with Gasteiger partial charge in [0.05, 0.1) is 6.10 Å². The summed E-state index contributed by atoms with van der Waals surface area (Å²) in [5.41, 5.74) is 0.176. The van der Waals surface area contributed by atoms with Crippen molar-refractivity contribution in [3.8, 4) is 0 Å². The van der Waals surface area contributed by atoms with Crippen molar-refractivity contribution >= 4 is 5.91 Å². The third-order valence-corrected chi connectivity index (χ3v) is 4.31. The van der Waals surface area contributed by atoms with Gasteiger partial charge in [-0.25, -0.2) is 0 Å². The minimum Gasteiger partial charge on any atom is -0.381 e.